The Balaban J connectivity index is 1.69. The summed E-state index contributed by atoms with van der Waals surface area (Å²) in [4.78, 5) is 8.95. The molecule has 182 valence electrons. The second-order valence-electron chi connectivity index (χ2n) is 8.45. The standard InChI is InChI=1S/C25H28F3N3O3/c1-14(17-6-5-7-19(23(17)26)25(27,28)16-8-9-16)29-24-18-12-22(34-11-10-32-3)21(33-4)13-20(18)30-15(2)31-24/h5-7,12-14,16H,8-11H2,1-4H3,(H,29,30,31)/t14-/m1/s1. The van der Waals surface area contributed by atoms with Crippen LogP contribution in [0.5, 0.6) is 11.5 Å². The first-order chi connectivity index (χ1) is 16.3. The zero-order valence-corrected chi connectivity index (χ0v) is 19.6. The number of hydrogen-bond acceptors (Lipinski definition) is 6. The normalized spacial score (nSPS) is 14.8. The van der Waals surface area contributed by atoms with Gasteiger partial charge in [-0.1, -0.05) is 18.2 Å². The smallest absolute Gasteiger partial charge is 0.278 e. The largest absolute Gasteiger partial charge is 0.493 e. The summed E-state index contributed by atoms with van der Waals surface area (Å²) in [5.74, 6) is -2.95. The van der Waals surface area contributed by atoms with E-state index < -0.39 is 29.3 Å². The van der Waals surface area contributed by atoms with E-state index in [4.69, 9.17) is 14.2 Å². The Labute approximate surface area is 196 Å². The number of hydrogen-bond donors (Lipinski definition) is 1. The first kappa shape index (κ1) is 24.1. The summed E-state index contributed by atoms with van der Waals surface area (Å²) in [5.41, 5.74) is 0.198. The minimum absolute atomic E-state index is 0.146. The maximum absolute atomic E-state index is 15.2. The number of methoxy groups -OCH3 is 2. The molecule has 3 aromatic rings. The molecule has 0 amide bonds. The number of aryl methyl sites for hydroxylation is 1. The van der Waals surface area contributed by atoms with E-state index >= 15 is 4.39 Å². The fraction of sp³-hybridized carbons (Fsp3) is 0.440. The Morgan fingerprint density at radius 1 is 1.12 bits per heavy atom. The van der Waals surface area contributed by atoms with E-state index in [9.17, 15) is 8.78 Å². The fourth-order valence-electron chi connectivity index (χ4n) is 3.96. The predicted molar refractivity (Wildman–Crippen MR) is 123 cm³/mol. The molecule has 1 heterocycles. The number of benzene rings is 2. The SMILES string of the molecule is COCCOc1cc2c(N[C@H](C)c3cccc(C(F)(F)C4CC4)c3F)nc(C)nc2cc1OC. The molecule has 9 heteroatoms. The van der Waals surface area contributed by atoms with E-state index in [0.29, 0.717) is 60.1 Å². The highest BCUT2D eigenvalue weighted by Gasteiger charge is 2.49. The molecule has 1 aliphatic carbocycles. The Bertz CT molecular complexity index is 1190. The molecule has 6 nitrogen and oxygen atoms in total. The first-order valence-corrected chi connectivity index (χ1v) is 11.2. The van der Waals surface area contributed by atoms with E-state index in [1.54, 1.807) is 33.1 Å². The van der Waals surface area contributed by atoms with E-state index in [2.05, 4.69) is 15.3 Å². The van der Waals surface area contributed by atoms with E-state index in [0.717, 1.165) is 0 Å². The van der Waals surface area contributed by atoms with Gasteiger partial charge in [0.1, 0.15) is 24.1 Å². The average molecular weight is 476 g/mol. The molecule has 34 heavy (non-hydrogen) atoms. The van der Waals surface area contributed by atoms with Crippen molar-refractivity contribution in [3.63, 3.8) is 0 Å². The van der Waals surface area contributed by atoms with Gasteiger partial charge in [-0.2, -0.15) is 0 Å². The van der Waals surface area contributed by atoms with Crippen molar-refractivity contribution < 1.29 is 27.4 Å². The van der Waals surface area contributed by atoms with E-state index in [1.165, 1.54) is 25.3 Å². The average Bonchev–Trinajstić information content (AvgIpc) is 3.65. The monoisotopic (exact) mass is 475 g/mol. The van der Waals surface area contributed by atoms with Crippen molar-refractivity contribution in [2.24, 2.45) is 5.92 Å². The van der Waals surface area contributed by atoms with Crippen molar-refractivity contribution in [2.45, 2.75) is 38.7 Å². The minimum Gasteiger partial charge on any atom is -0.493 e. The highest BCUT2D eigenvalue weighted by atomic mass is 19.3. The van der Waals surface area contributed by atoms with Crippen LogP contribution < -0.4 is 14.8 Å². The topological polar surface area (TPSA) is 65.5 Å². The van der Waals surface area contributed by atoms with Crippen LogP contribution in [0.2, 0.25) is 0 Å². The number of fused-ring (bicyclic) bond motifs is 1. The van der Waals surface area contributed by atoms with Crippen LogP contribution in [0.4, 0.5) is 19.0 Å². The first-order valence-electron chi connectivity index (χ1n) is 11.2. The Morgan fingerprint density at radius 3 is 2.56 bits per heavy atom. The molecule has 0 saturated heterocycles. The molecule has 1 aliphatic rings. The van der Waals surface area contributed by atoms with Gasteiger partial charge < -0.3 is 19.5 Å². The van der Waals surface area contributed by atoms with Gasteiger partial charge in [0.25, 0.3) is 5.92 Å². The second kappa shape index (κ2) is 9.66. The molecule has 1 atom stereocenters. The number of aromatic nitrogens is 2. The number of nitrogens with zero attached hydrogens (tertiary/aromatic N) is 2. The molecular weight excluding hydrogens is 447 g/mol. The van der Waals surface area contributed by atoms with Gasteiger partial charge in [-0.15, -0.1) is 0 Å². The number of halogens is 3. The van der Waals surface area contributed by atoms with Crippen LogP contribution in [-0.2, 0) is 10.7 Å². The Kier molecular flexibility index (Phi) is 6.84. The van der Waals surface area contributed by atoms with Gasteiger partial charge in [-0.3, -0.25) is 0 Å². The Hall–Kier alpha value is -3.07. The van der Waals surface area contributed by atoms with Crippen molar-refractivity contribution in [1.29, 1.82) is 0 Å². The van der Waals surface area contributed by atoms with Gasteiger partial charge in [0, 0.05) is 30.0 Å². The van der Waals surface area contributed by atoms with Gasteiger partial charge in [0.05, 0.1) is 30.8 Å². The van der Waals surface area contributed by atoms with Crippen molar-refractivity contribution in [3.8, 4) is 11.5 Å². The van der Waals surface area contributed by atoms with Gasteiger partial charge >= 0.3 is 0 Å². The quantitative estimate of drug-likeness (QED) is 0.375. The number of alkyl halides is 2. The summed E-state index contributed by atoms with van der Waals surface area (Å²) in [5, 5.41) is 3.81. The second-order valence-corrected chi connectivity index (χ2v) is 8.45. The third-order valence-corrected chi connectivity index (χ3v) is 5.94. The van der Waals surface area contributed by atoms with Crippen LogP contribution in [-0.4, -0.2) is 37.4 Å². The summed E-state index contributed by atoms with van der Waals surface area (Å²) < 4.78 is 60.8. The van der Waals surface area contributed by atoms with Crippen molar-refractivity contribution in [1.82, 2.24) is 9.97 Å². The lowest BCUT2D eigenvalue weighted by molar-refractivity contribution is -0.0319. The molecule has 0 aliphatic heterocycles. The van der Waals surface area contributed by atoms with Gasteiger partial charge in [0.15, 0.2) is 11.5 Å². The van der Waals surface area contributed by atoms with Crippen molar-refractivity contribution >= 4 is 16.7 Å². The van der Waals surface area contributed by atoms with Crippen LogP contribution >= 0.6 is 0 Å². The third-order valence-electron chi connectivity index (χ3n) is 5.94. The van der Waals surface area contributed by atoms with Crippen molar-refractivity contribution in [3.05, 3.63) is 53.1 Å². The Morgan fingerprint density at radius 2 is 1.88 bits per heavy atom. The number of anilines is 1. The molecule has 0 spiro atoms. The fourth-order valence-corrected chi connectivity index (χ4v) is 3.96. The zero-order chi connectivity index (χ0) is 24.5. The maximum Gasteiger partial charge on any atom is 0.278 e. The van der Waals surface area contributed by atoms with Crippen molar-refractivity contribution in [2.75, 3.05) is 32.8 Å². The summed E-state index contributed by atoms with van der Waals surface area (Å²) in [6.45, 7) is 4.16. The molecule has 1 fully saturated rings. The molecule has 0 bridgehead atoms. The number of nitrogens with one attached hydrogen (secondary N) is 1. The van der Waals surface area contributed by atoms with Gasteiger partial charge in [0.2, 0.25) is 0 Å². The number of ether oxygens (including phenoxy) is 3. The lowest BCUT2D eigenvalue weighted by Gasteiger charge is -2.22. The van der Waals surface area contributed by atoms with Crippen LogP contribution in [0, 0.1) is 18.7 Å². The van der Waals surface area contributed by atoms with E-state index in [1.807, 2.05) is 0 Å². The summed E-state index contributed by atoms with van der Waals surface area (Å²) >= 11 is 0. The number of rotatable bonds is 10. The zero-order valence-electron chi connectivity index (χ0n) is 19.6. The predicted octanol–water partition coefficient (Wildman–Crippen LogP) is 5.79. The van der Waals surface area contributed by atoms with Gasteiger partial charge in [-0.05, 0) is 32.8 Å². The maximum atomic E-state index is 15.2. The van der Waals surface area contributed by atoms with Crippen LogP contribution in [0.25, 0.3) is 10.9 Å². The van der Waals surface area contributed by atoms with E-state index in [-0.39, 0.29) is 5.56 Å². The molecule has 0 unspecified atom stereocenters. The lowest BCUT2D eigenvalue weighted by atomic mass is 9.97. The minimum atomic E-state index is -3.18. The third kappa shape index (κ3) is 4.75. The molecule has 1 saturated carbocycles. The summed E-state index contributed by atoms with van der Waals surface area (Å²) in [7, 11) is 3.11. The molecule has 0 radical (unpaired) electrons. The van der Waals surface area contributed by atoms with Crippen LogP contribution in [0.3, 0.4) is 0 Å². The summed E-state index contributed by atoms with van der Waals surface area (Å²) in [6.07, 6.45) is 0.823. The summed E-state index contributed by atoms with van der Waals surface area (Å²) in [6, 6.07) is 7.00. The molecule has 4 rings (SSSR count). The molecule has 1 N–H and O–H groups in total. The molecule has 1 aromatic heterocycles. The van der Waals surface area contributed by atoms with Gasteiger partial charge in [-0.25, -0.2) is 23.1 Å². The molecule has 2 aromatic carbocycles. The highest BCUT2D eigenvalue weighted by molar-refractivity contribution is 5.92. The molecular formula is C25H28F3N3O3. The highest BCUT2D eigenvalue weighted by Crippen LogP contribution is 2.50. The van der Waals surface area contributed by atoms with Crippen LogP contribution in [0.1, 0.15) is 42.8 Å². The van der Waals surface area contributed by atoms with Crippen LogP contribution in [0.15, 0.2) is 30.3 Å². The lowest BCUT2D eigenvalue weighted by Crippen LogP contribution is -2.20.